The first-order valence-corrected chi connectivity index (χ1v) is 9.99. The third-order valence-corrected chi connectivity index (χ3v) is 8.90. The Morgan fingerprint density at radius 1 is 1.22 bits per heavy atom. The number of rotatable bonds is 1. The lowest BCUT2D eigenvalue weighted by molar-refractivity contribution is -0.223. The molecule has 2 saturated carbocycles. The number of carbonyl (C=O) groups is 1. The molecule has 0 radical (unpaired) electrons. The lowest BCUT2D eigenvalue weighted by Gasteiger charge is -2.56. The van der Waals surface area contributed by atoms with E-state index in [1.54, 1.807) is 13.8 Å². The van der Waals surface area contributed by atoms with Gasteiger partial charge in [-0.25, -0.2) is 4.79 Å². The lowest BCUT2D eigenvalue weighted by atomic mass is 9.45. The number of epoxide rings is 2. The van der Waals surface area contributed by atoms with Crippen LogP contribution >= 0.6 is 0 Å². The number of hydrogen-bond donors (Lipinski definition) is 3. The van der Waals surface area contributed by atoms with Gasteiger partial charge >= 0.3 is 5.97 Å². The van der Waals surface area contributed by atoms with Gasteiger partial charge in [0.15, 0.2) is 5.60 Å². The van der Waals surface area contributed by atoms with Crippen molar-refractivity contribution in [1.29, 1.82) is 0 Å². The van der Waals surface area contributed by atoms with Crippen LogP contribution < -0.4 is 0 Å². The fourth-order valence-electron chi connectivity index (χ4n) is 7.30. The van der Waals surface area contributed by atoms with Crippen LogP contribution in [0.5, 0.6) is 0 Å². The Morgan fingerprint density at radius 3 is 2.67 bits per heavy atom. The highest BCUT2D eigenvalue weighted by Crippen LogP contribution is 2.79. The Morgan fingerprint density at radius 2 is 1.96 bits per heavy atom. The van der Waals surface area contributed by atoms with E-state index in [4.69, 9.17) is 14.2 Å². The Balaban J connectivity index is 1.50. The van der Waals surface area contributed by atoms with E-state index >= 15 is 0 Å². The molecule has 2 spiro atoms. The molecule has 0 aromatic heterocycles. The second kappa shape index (κ2) is 4.44. The van der Waals surface area contributed by atoms with Crippen LogP contribution in [0.2, 0.25) is 0 Å². The van der Waals surface area contributed by atoms with Gasteiger partial charge in [-0.2, -0.15) is 0 Å². The summed E-state index contributed by atoms with van der Waals surface area (Å²) >= 11 is 0. The van der Waals surface area contributed by atoms with E-state index in [-0.39, 0.29) is 23.9 Å². The van der Waals surface area contributed by atoms with E-state index in [0.717, 1.165) is 11.1 Å². The Bertz CT molecular complexity index is 806. The Hall–Kier alpha value is -0.990. The van der Waals surface area contributed by atoms with Crippen molar-refractivity contribution < 1.29 is 34.3 Å². The molecular weight excluding hydrogens is 352 g/mol. The molecular formula is C20H26O7. The lowest BCUT2D eigenvalue weighted by Crippen LogP contribution is -2.76. The normalized spacial score (nSPS) is 60.1. The largest absolute Gasteiger partial charge is 0.458 e. The minimum atomic E-state index is -1.67. The van der Waals surface area contributed by atoms with Crippen LogP contribution in [0.4, 0.5) is 0 Å². The smallest absolute Gasteiger partial charge is 0.334 e. The standard InChI is InChI=1S/C20H26O7/c1-8(2)18(24)13(21)14-20(27-14)17(3)5-4-9-10(7-25-15(9)22)11(17)6-12-19(20,26-12)16(18)23/h8,11-14,16,21,23-24H,4-7H2,1-3H3. The van der Waals surface area contributed by atoms with Crippen molar-refractivity contribution in [2.45, 2.75) is 81.3 Å². The number of carbonyl (C=O) groups excluding carboxylic acids is 1. The van der Waals surface area contributed by atoms with Crippen molar-refractivity contribution in [3.8, 4) is 0 Å². The number of cyclic esters (lactones) is 1. The second-order valence-electron chi connectivity index (χ2n) is 9.85. The van der Waals surface area contributed by atoms with E-state index in [2.05, 4.69) is 6.92 Å². The molecule has 3 aliphatic heterocycles. The van der Waals surface area contributed by atoms with Crippen molar-refractivity contribution in [2.75, 3.05) is 6.61 Å². The van der Waals surface area contributed by atoms with Crippen LogP contribution in [0.15, 0.2) is 11.1 Å². The third kappa shape index (κ3) is 1.44. The summed E-state index contributed by atoms with van der Waals surface area (Å²) < 4.78 is 17.7. The summed E-state index contributed by atoms with van der Waals surface area (Å²) in [5.41, 5.74) is -2.06. The minimum Gasteiger partial charge on any atom is -0.458 e. The summed E-state index contributed by atoms with van der Waals surface area (Å²) in [4.78, 5) is 12.1. The summed E-state index contributed by atoms with van der Waals surface area (Å²) in [5.74, 6) is -0.511. The van der Waals surface area contributed by atoms with Crippen molar-refractivity contribution in [3.63, 3.8) is 0 Å². The maximum Gasteiger partial charge on any atom is 0.334 e. The molecule has 9 unspecified atom stereocenters. The predicted molar refractivity (Wildman–Crippen MR) is 90.4 cm³/mol. The van der Waals surface area contributed by atoms with E-state index in [0.29, 0.717) is 25.9 Å². The van der Waals surface area contributed by atoms with Gasteiger partial charge in [-0.15, -0.1) is 0 Å². The molecule has 2 saturated heterocycles. The maximum absolute atomic E-state index is 12.1. The van der Waals surface area contributed by atoms with Gasteiger partial charge in [0.05, 0.1) is 6.10 Å². The molecule has 27 heavy (non-hydrogen) atoms. The molecule has 148 valence electrons. The molecule has 3 N–H and O–H groups in total. The van der Waals surface area contributed by atoms with Gasteiger partial charge in [-0.05, 0) is 36.7 Å². The zero-order valence-electron chi connectivity index (χ0n) is 15.8. The molecule has 0 amide bonds. The molecule has 0 bridgehead atoms. The zero-order chi connectivity index (χ0) is 19.1. The van der Waals surface area contributed by atoms with Gasteiger partial charge in [-0.1, -0.05) is 20.8 Å². The van der Waals surface area contributed by atoms with Gasteiger partial charge in [-0.3, -0.25) is 0 Å². The second-order valence-corrected chi connectivity index (χ2v) is 9.85. The van der Waals surface area contributed by atoms with Crippen LogP contribution in [0, 0.1) is 17.3 Å². The van der Waals surface area contributed by atoms with Gasteiger partial charge in [0, 0.05) is 11.0 Å². The number of aliphatic hydroxyl groups excluding tert-OH is 2. The predicted octanol–water partition coefficient (Wildman–Crippen LogP) is 0.0575. The highest BCUT2D eigenvalue weighted by atomic mass is 16.7. The van der Waals surface area contributed by atoms with Crippen LogP contribution in [-0.2, 0) is 19.0 Å². The highest BCUT2D eigenvalue weighted by molar-refractivity contribution is 5.92. The molecule has 7 heteroatoms. The summed E-state index contributed by atoms with van der Waals surface area (Å²) in [6.45, 7) is 6.03. The first kappa shape index (κ1) is 16.9. The average molecular weight is 378 g/mol. The van der Waals surface area contributed by atoms with Gasteiger partial charge in [0.1, 0.15) is 36.1 Å². The topological polar surface area (TPSA) is 112 Å². The van der Waals surface area contributed by atoms with Gasteiger partial charge in [0.2, 0.25) is 0 Å². The average Bonchev–Trinajstić information content (AvgIpc) is 3.50. The van der Waals surface area contributed by atoms with E-state index in [9.17, 15) is 20.1 Å². The summed E-state index contributed by atoms with van der Waals surface area (Å²) in [6.07, 6.45) is -1.25. The monoisotopic (exact) mass is 378 g/mol. The molecule has 6 aliphatic rings. The number of aliphatic hydroxyl groups is 3. The number of esters is 1. The fraction of sp³-hybridized carbons (Fsp3) is 0.850. The van der Waals surface area contributed by atoms with Crippen LogP contribution in [0.3, 0.4) is 0 Å². The molecule has 9 atom stereocenters. The summed E-state index contributed by atoms with van der Waals surface area (Å²) in [6, 6.07) is 0. The number of fused-ring (bicyclic) bond motifs is 2. The minimum absolute atomic E-state index is 0.0583. The van der Waals surface area contributed by atoms with E-state index in [1.807, 2.05) is 0 Å². The van der Waals surface area contributed by atoms with E-state index in [1.165, 1.54) is 0 Å². The summed E-state index contributed by atoms with van der Waals surface area (Å²) in [7, 11) is 0. The van der Waals surface area contributed by atoms with Crippen LogP contribution in [0.25, 0.3) is 0 Å². The molecule has 0 aromatic rings. The van der Waals surface area contributed by atoms with Crippen LogP contribution in [0.1, 0.15) is 40.0 Å². The first-order valence-electron chi connectivity index (χ1n) is 9.99. The van der Waals surface area contributed by atoms with Crippen molar-refractivity contribution in [1.82, 2.24) is 0 Å². The highest BCUT2D eigenvalue weighted by Gasteiger charge is 2.96. The van der Waals surface area contributed by atoms with E-state index < -0.39 is 40.5 Å². The SMILES string of the molecule is CC(C)C1(O)C(O)C2OC23C2(C)CCC4=C(COC4=O)C2CC2OC23C1O. The van der Waals surface area contributed by atoms with Crippen LogP contribution in [-0.4, -0.2) is 69.1 Å². The fourth-order valence-corrected chi connectivity index (χ4v) is 7.30. The quantitative estimate of drug-likeness (QED) is 0.437. The Labute approximate surface area is 157 Å². The molecule has 7 nitrogen and oxygen atoms in total. The molecule has 6 rings (SSSR count). The van der Waals surface area contributed by atoms with Crippen molar-refractivity contribution in [2.24, 2.45) is 17.3 Å². The molecule has 4 fully saturated rings. The van der Waals surface area contributed by atoms with Crippen molar-refractivity contribution in [3.05, 3.63) is 11.1 Å². The maximum atomic E-state index is 12.1. The first-order chi connectivity index (χ1) is 12.7. The third-order valence-electron chi connectivity index (χ3n) is 8.90. The van der Waals surface area contributed by atoms with Gasteiger partial charge in [0.25, 0.3) is 0 Å². The molecule has 3 aliphatic carbocycles. The van der Waals surface area contributed by atoms with Gasteiger partial charge < -0.3 is 29.5 Å². The number of ether oxygens (including phenoxy) is 3. The Kier molecular flexibility index (Phi) is 2.78. The molecule has 3 heterocycles. The zero-order valence-corrected chi connectivity index (χ0v) is 15.8. The van der Waals surface area contributed by atoms with Crippen molar-refractivity contribution >= 4 is 5.97 Å². The summed E-state index contributed by atoms with van der Waals surface area (Å²) in [5, 5.41) is 33.5. The number of hydrogen-bond acceptors (Lipinski definition) is 7. The molecule has 0 aromatic carbocycles.